The summed E-state index contributed by atoms with van der Waals surface area (Å²) in [5.74, 6) is 0.761. The molecule has 0 bridgehead atoms. The van der Waals surface area contributed by atoms with Gasteiger partial charge in [-0.15, -0.1) is 0 Å². The van der Waals surface area contributed by atoms with Gasteiger partial charge in [0, 0.05) is 11.6 Å². The largest absolute Gasteiger partial charge is 0.392 e. The lowest BCUT2D eigenvalue weighted by Gasteiger charge is -2.12. The van der Waals surface area contributed by atoms with E-state index in [2.05, 4.69) is 14.9 Å². The Bertz CT molecular complexity index is 765. The fourth-order valence-electron chi connectivity index (χ4n) is 2.38. The average Bonchev–Trinajstić information content (AvgIpc) is 2.85. The molecule has 0 aliphatic rings. The molecule has 1 aromatic heterocycles. The van der Waals surface area contributed by atoms with E-state index in [0.29, 0.717) is 13.1 Å². The van der Waals surface area contributed by atoms with Gasteiger partial charge in [-0.2, -0.15) is 0 Å². The van der Waals surface area contributed by atoms with Crippen molar-refractivity contribution in [3.8, 4) is 0 Å². The molecule has 2 aromatic carbocycles. The maximum Gasteiger partial charge on any atom is 0.204 e. The van der Waals surface area contributed by atoms with Gasteiger partial charge in [0.2, 0.25) is 5.95 Å². The van der Waals surface area contributed by atoms with Gasteiger partial charge in [-0.3, -0.25) is 0 Å². The van der Waals surface area contributed by atoms with Crippen LogP contribution in [0.2, 0.25) is 5.02 Å². The normalized spacial score (nSPS) is 12.5. The van der Waals surface area contributed by atoms with E-state index in [1.54, 1.807) is 6.92 Å². The zero-order valence-electron chi connectivity index (χ0n) is 12.3. The van der Waals surface area contributed by atoms with E-state index in [0.717, 1.165) is 27.6 Å². The van der Waals surface area contributed by atoms with Gasteiger partial charge in [0.1, 0.15) is 0 Å². The second kappa shape index (κ2) is 6.38. The number of aromatic nitrogens is 2. The highest BCUT2D eigenvalue weighted by atomic mass is 35.5. The summed E-state index contributed by atoms with van der Waals surface area (Å²) < 4.78 is 2.11. The number of hydrogen-bond donors (Lipinski definition) is 2. The van der Waals surface area contributed by atoms with Crippen molar-refractivity contribution in [3.05, 3.63) is 59.1 Å². The van der Waals surface area contributed by atoms with Crippen molar-refractivity contribution in [2.45, 2.75) is 19.6 Å². The summed E-state index contributed by atoms with van der Waals surface area (Å²) in [5.41, 5.74) is 3.14. The Hall–Kier alpha value is -2.04. The van der Waals surface area contributed by atoms with Crippen molar-refractivity contribution < 1.29 is 5.11 Å². The Kier molecular flexibility index (Phi) is 4.32. The van der Waals surface area contributed by atoms with Crippen molar-refractivity contribution >= 4 is 28.6 Å². The summed E-state index contributed by atoms with van der Waals surface area (Å²) in [6, 6.07) is 15.8. The number of aliphatic hydroxyl groups is 1. The fraction of sp³-hybridized carbons (Fsp3) is 0.235. The SMILES string of the molecule is C[C@H](O)CNc1nc2ccccc2n1Cc1ccc(Cl)cc1. The topological polar surface area (TPSA) is 50.1 Å². The minimum absolute atomic E-state index is 0.427. The standard InChI is InChI=1S/C17H18ClN3O/c1-12(22)10-19-17-20-15-4-2-3-5-16(15)21(17)11-13-6-8-14(18)9-7-13/h2-9,12,22H,10-11H2,1H3,(H,19,20)/t12-/m0/s1. The first-order valence-electron chi connectivity index (χ1n) is 7.25. The van der Waals surface area contributed by atoms with Crippen LogP contribution in [0.1, 0.15) is 12.5 Å². The predicted octanol–water partition coefficient (Wildman–Crippen LogP) is 3.53. The number of halogens is 1. The van der Waals surface area contributed by atoms with Crippen LogP contribution in [0.25, 0.3) is 11.0 Å². The van der Waals surface area contributed by atoms with Crippen LogP contribution in [-0.4, -0.2) is 27.3 Å². The number of benzene rings is 2. The first-order valence-corrected chi connectivity index (χ1v) is 7.63. The first kappa shape index (κ1) is 14.9. The van der Waals surface area contributed by atoms with Crippen molar-refractivity contribution in [3.63, 3.8) is 0 Å². The van der Waals surface area contributed by atoms with Crippen LogP contribution in [0.15, 0.2) is 48.5 Å². The van der Waals surface area contributed by atoms with Crippen LogP contribution in [-0.2, 0) is 6.54 Å². The molecular weight excluding hydrogens is 298 g/mol. The molecule has 3 rings (SSSR count). The summed E-state index contributed by atoms with van der Waals surface area (Å²) in [7, 11) is 0. The van der Waals surface area contributed by atoms with E-state index >= 15 is 0 Å². The van der Waals surface area contributed by atoms with E-state index in [9.17, 15) is 5.11 Å². The summed E-state index contributed by atoms with van der Waals surface area (Å²) in [5, 5.41) is 13.4. The summed E-state index contributed by atoms with van der Waals surface area (Å²) in [6.07, 6.45) is -0.427. The van der Waals surface area contributed by atoms with Gasteiger partial charge in [-0.1, -0.05) is 35.9 Å². The molecule has 0 spiro atoms. The number of rotatable bonds is 5. The van der Waals surface area contributed by atoms with Crippen LogP contribution >= 0.6 is 11.6 Å². The Morgan fingerprint density at radius 3 is 2.64 bits per heavy atom. The molecule has 1 atom stereocenters. The molecule has 5 heteroatoms. The van der Waals surface area contributed by atoms with E-state index in [1.165, 1.54) is 0 Å². The lowest BCUT2D eigenvalue weighted by Crippen LogP contribution is -2.18. The molecule has 0 aliphatic carbocycles. The molecule has 0 amide bonds. The zero-order chi connectivity index (χ0) is 15.5. The van der Waals surface area contributed by atoms with Crippen LogP contribution in [0.5, 0.6) is 0 Å². The zero-order valence-corrected chi connectivity index (χ0v) is 13.1. The smallest absolute Gasteiger partial charge is 0.204 e. The quantitative estimate of drug-likeness (QED) is 0.757. The number of fused-ring (bicyclic) bond motifs is 1. The van der Waals surface area contributed by atoms with Gasteiger partial charge in [0.25, 0.3) is 0 Å². The number of imidazole rings is 1. The van der Waals surface area contributed by atoms with E-state index in [1.807, 2.05) is 48.5 Å². The number of anilines is 1. The summed E-state index contributed by atoms with van der Waals surface area (Å²) in [4.78, 5) is 4.61. The third-order valence-corrected chi connectivity index (χ3v) is 3.72. The van der Waals surface area contributed by atoms with E-state index in [-0.39, 0.29) is 0 Å². The molecule has 0 unspecified atom stereocenters. The third-order valence-electron chi connectivity index (χ3n) is 3.46. The van der Waals surface area contributed by atoms with E-state index < -0.39 is 6.10 Å². The lowest BCUT2D eigenvalue weighted by atomic mass is 10.2. The highest BCUT2D eigenvalue weighted by Gasteiger charge is 2.11. The minimum atomic E-state index is -0.427. The van der Waals surface area contributed by atoms with Gasteiger partial charge in [-0.25, -0.2) is 4.98 Å². The molecular formula is C17H18ClN3O. The molecule has 0 saturated heterocycles. The molecule has 0 radical (unpaired) electrons. The molecule has 4 nitrogen and oxygen atoms in total. The number of para-hydroxylation sites is 2. The molecule has 0 fully saturated rings. The highest BCUT2D eigenvalue weighted by molar-refractivity contribution is 6.30. The van der Waals surface area contributed by atoms with Crippen LogP contribution in [0.4, 0.5) is 5.95 Å². The predicted molar refractivity (Wildman–Crippen MR) is 90.5 cm³/mol. The molecule has 3 aromatic rings. The van der Waals surface area contributed by atoms with Crippen molar-refractivity contribution in [2.75, 3.05) is 11.9 Å². The summed E-state index contributed by atoms with van der Waals surface area (Å²) >= 11 is 5.95. The Labute approximate surface area is 134 Å². The number of aliphatic hydroxyl groups excluding tert-OH is 1. The maximum atomic E-state index is 9.49. The van der Waals surface area contributed by atoms with E-state index in [4.69, 9.17) is 11.6 Å². The Morgan fingerprint density at radius 2 is 1.91 bits per heavy atom. The fourth-order valence-corrected chi connectivity index (χ4v) is 2.51. The number of hydrogen-bond acceptors (Lipinski definition) is 3. The molecule has 1 heterocycles. The average molecular weight is 316 g/mol. The van der Waals surface area contributed by atoms with Gasteiger partial charge in [0.05, 0.1) is 23.7 Å². The Morgan fingerprint density at radius 1 is 1.18 bits per heavy atom. The molecule has 114 valence electrons. The Balaban J connectivity index is 1.97. The molecule has 0 aliphatic heterocycles. The van der Waals surface area contributed by atoms with Crippen LogP contribution in [0, 0.1) is 0 Å². The number of nitrogens with zero attached hydrogens (tertiary/aromatic N) is 2. The highest BCUT2D eigenvalue weighted by Crippen LogP contribution is 2.21. The monoisotopic (exact) mass is 315 g/mol. The second-order valence-corrected chi connectivity index (χ2v) is 5.80. The molecule has 22 heavy (non-hydrogen) atoms. The van der Waals surface area contributed by atoms with Crippen molar-refractivity contribution in [2.24, 2.45) is 0 Å². The van der Waals surface area contributed by atoms with Crippen LogP contribution < -0.4 is 5.32 Å². The van der Waals surface area contributed by atoms with Gasteiger partial charge in [-0.05, 0) is 36.8 Å². The first-order chi connectivity index (χ1) is 10.6. The van der Waals surface area contributed by atoms with Gasteiger partial charge in [0.15, 0.2) is 0 Å². The second-order valence-electron chi connectivity index (χ2n) is 5.37. The molecule has 0 saturated carbocycles. The minimum Gasteiger partial charge on any atom is -0.392 e. The van der Waals surface area contributed by atoms with Crippen molar-refractivity contribution in [1.82, 2.24) is 9.55 Å². The van der Waals surface area contributed by atoms with Crippen molar-refractivity contribution in [1.29, 1.82) is 0 Å². The van der Waals surface area contributed by atoms with Gasteiger partial charge < -0.3 is 15.0 Å². The summed E-state index contributed by atoms with van der Waals surface area (Å²) in [6.45, 7) is 2.91. The van der Waals surface area contributed by atoms with Crippen LogP contribution in [0.3, 0.4) is 0 Å². The lowest BCUT2D eigenvalue weighted by molar-refractivity contribution is 0.208. The maximum absolute atomic E-state index is 9.49. The third kappa shape index (κ3) is 3.24. The molecule has 2 N–H and O–H groups in total. The number of nitrogens with one attached hydrogen (secondary N) is 1. The van der Waals surface area contributed by atoms with Gasteiger partial charge >= 0.3 is 0 Å².